The van der Waals surface area contributed by atoms with Gasteiger partial charge in [-0.2, -0.15) is 0 Å². The third-order valence-electron chi connectivity index (χ3n) is 6.45. The van der Waals surface area contributed by atoms with Gasteiger partial charge in [0.2, 0.25) is 6.79 Å². The van der Waals surface area contributed by atoms with Gasteiger partial charge in [0, 0.05) is 35.6 Å². The van der Waals surface area contributed by atoms with Gasteiger partial charge in [-0.3, -0.25) is 19.5 Å². The van der Waals surface area contributed by atoms with Crippen LogP contribution < -0.4 is 9.47 Å². The molecule has 0 N–H and O–H groups in total. The third kappa shape index (κ3) is 3.52. The van der Waals surface area contributed by atoms with Crippen molar-refractivity contribution in [2.45, 2.75) is 0 Å². The number of imide groups is 1. The monoisotopic (exact) mass is 465 g/mol. The molecule has 0 bridgehead atoms. The minimum Gasteiger partial charge on any atom is -0.454 e. The molecule has 7 nitrogen and oxygen atoms in total. The fraction of sp³-hybridized carbons (Fsp3) is 0.179. The van der Waals surface area contributed by atoms with Crippen LogP contribution in [0.1, 0.15) is 26.3 Å². The molecule has 0 saturated heterocycles. The fourth-order valence-electron chi connectivity index (χ4n) is 4.71. The lowest BCUT2D eigenvalue weighted by molar-refractivity contribution is 0.0602. The Balaban J connectivity index is 1.49. The smallest absolute Gasteiger partial charge is 0.262 e. The number of aliphatic imine (C=N–C) groups is 1. The van der Waals surface area contributed by atoms with Gasteiger partial charge in [0.15, 0.2) is 11.5 Å². The molecule has 2 amide bonds. The van der Waals surface area contributed by atoms with E-state index in [9.17, 15) is 9.59 Å². The van der Waals surface area contributed by atoms with E-state index < -0.39 is 0 Å². The second kappa shape index (κ2) is 8.21. The summed E-state index contributed by atoms with van der Waals surface area (Å²) in [5.74, 6) is 0.915. The number of hydrogen-bond acceptors (Lipinski definition) is 6. The van der Waals surface area contributed by atoms with E-state index in [4.69, 9.17) is 14.5 Å². The summed E-state index contributed by atoms with van der Waals surface area (Å²) < 4.78 is 10.8. The van der Waals surface area contributed by atoms with E-state index in [0.717, 1.165) is 33.2 Å². The molecule has 0 fully saturated rings. The molecule has 0 spiro atoms. The van der Waals surface area contributed by atoms with Gasteiger partial charge in [0.05, 0.1) is 11.3 Å². The molecule has 4 aromatic rings. The first-order valence-corrected chi connectivity index (χ1v) is 11.4. The molecule has 0 aliphatic carbocycles. The van der Waals surface area contributed by atoms with Gasteiger partial charge in [-0.1, -0.05) is 24.3 Å². The maximum absolute atomic E-state index is 13.7. The largest absolute Gasteiger partial charge is 0.454 e. The molecule has 0 radical (unpaired) electrons. The first-order valence-electron chi connectivity index (χ1n) is 11.4. The zero-order valence-electron chi connectivity index (χ0n) is 19.4. The van der Waals surface area contributed by atoms with Crippen LogP contribution in [0, 0.1) is 0 Å². The summed E-state index contributed by atoms with van der Waals surface area (Å²) in [6.45, 7) is 1.15. The molecule has 2 aliphatic heterocycles. The summed E-state index contributed by atoms with van der Waals surface area (Å²) in [7, 11) is 3.85. The lowest BCUT2D eigenvalue weighted by Gasteiger charge is -2.29. The van der Waals surface area contributed by atoms with Crippen molar-refractivity contribution in [2.75, 3.05) is 34.0 Å². The molecule has 0 aromatic heterocycles. The Hall–Kier alpha value is -4.23. The highest BCUT2D eigenvalue weighted by atomic mass is 16.7. The molecule has 7 heteroatoms. The maximum Gasteiger partial charge on any atom is 0.262 e. The van der Waals surface area contributed by atoms with Crippen LogP contribution >= 0.6 is 0 Å². The highest BCUT2D eigenvalue weighted by molar-refractivity contribution is 6.31. The van der Waals surface area contributed by atoms with Crippen molar-refractivity contribution in [2.24, 2.45) is 4.99 Å². The highest BCUT2D eigenvalue weighted by Crippen LogP contribution is 2.39. The zero-order valence-corrected chi connectivity index (χ0v) is 19.4. The van der Waals surface area contributed by atoms with Crippen molar-refractivity contribution < 1.29 is 19.1 Å². The molecule has 174 valence electrons. The predicted molar refractivity (Wildman–Crippen MR) is 135 cm³/mol. The average Bonchev–Trinajstić information content (AvgIpc) is 3.32. The molecule has 2 heterocycles. The van der Waals surface area contributed by atoms with Gasteiger partial charge in [-0.05, 0) is 66.8 Å². The minimum atomic E-state index is -0.261. The van der Waals surface area contributed by atoms with Crippen LogP contribution in [-0.2, 0) is 0 Å². The number of carbonyl (C=O) groups is 2. The standard InChI is InChI=1S/C28H23N3O4/c1-30(2)11-12-31-27(32)20-7-3-5-18-14-21-19(26(25(18)20)28(31)33)6-4-8-22(21)29-15-17-9-10-23-24(13-17)35-16-34-23/h3-10,13-15H,11-12,16H2,1-2H3. The van der Waals surface area contributed by atoms with Crippen molar-refractivity contribution in [3.8, 4) is 11.5 Å². The average molecular weight is 466 g/mol. The number of fused-ring (bicyclic) bond motifs is 3. The van der Waals surface area contributed by atoms with Crippen LogP contribution in [0.15, 0.2) is 65.7 Å². The number of amides is 2. The Kier molecular flexibility index (Phi) is 5.00. The van der Waals surface area contributed by atoms with Crippen molar-refractivity contribution in [3.05, 3.63) is 77.4 Å². The summed E-state index contributed by atoms with van der Waals surface area (Å²) in [6.07, 6.45) is 1.78. The number of ether oxygens (including phenoxy) is 2. The molecule has 35 heavy (non-hydrogen) atoms. The van der Waals surface area contributed by atoms with Crippen LogP contribution in [0.25, 0.3) is 21.5 Å². The molecule has 0 atom stereocenters. The van der Waals surface area contributed by atoms with E-state index in [2.05, 4.69) is 0 Å². The molecular formula is C28H23N3O4. The Morgan fingerprint density at radius 3 is 2.63 bits per heavy atom. The second-order valence-corrected chi connectivity index (χ2v) is 8.96. The molecule has 0 unspecified atom stereocenters. The van der Waals surface area contributed by atoms with E-state index in [1.165, 1.54) is 4.90 Å². The first kappa shape index (κ1) is 21.3. The van der Waals surface area contributed by atoms with Gasteiger partial charge in [0.25, 0.3) is 11.8 Å². The summed E-state index contributed by atoms with van der Waals surface area (Å²) in [5.41, 5.74) is 2.75. The zero-order chi connectivity index (χ0) is 24.1. The number of nitrogens with zero attached hydrogens (tertiary/aromatic N) is 3. The lowest BCUT2D eigenvalue weighted by Crippen LogP contribution is -2.43. The Labute approximate surface area is 202 Å². The van der Waals surface area contributed by atoms with Crippen molar-refractivity contribution in [1.29, 1.82) is 0 Å². The summed E-state index contributed by atoms with van der Waals surface area (Å²) in [6, 6.07) is 19.0. The quantitative estimate of drug-likeness (QED) is 0.244. The van der Waals surface area contributed by atoms with Gasteiger partial charge >= 0.3 is 0 Å². The van der Waals surface area contributed by atoms with E-state index >= 15 is 0 Å². The number of hydrogen-bond donors (Lipinski definition) is 0. The maximum atomic E-state index is 13.7. The van der Waals surface area contributed by atoms with Crippen molar-refractivity contribution in [1.82, 2.24) is 9.80 Å². The van der Waals surface area contributed by atoms with Gasteiger partial charge in [-0.15, -0.1) is 0 Å². The minimum absolute atomic E-state index is 0.221. The molecule has 6 rings (SSSR count). The lowest BCUT2D eigenvalue weighted by atomic mass is 9.89. The summed E-state index contributed by atoms with van der Waals surface area (Å²) in [5, 5.41) is 3.22. The fourth-order valence-corrected chi connectivity index (χ4v) is 4.71. The normalized spacial score (nSPS) is 14.8. The van der Waals surface area contributed by atoms with Crippen molar-refractivity contribution in [3.63, 3.8) is 0 Å². The van der Waals surface area contributed by atoms with Crippen molar-refractivity contribution >= 4 is 45.3 Å². The third-order valence-corrected chi connectivity index (χ3v) is 6.45. The number of likely N-dealkylation sites (N-methyl/N-ethyl adjacent to an activating group) is 1. The molecular weight excluding hydrogens is 442 g/mol. The molecule has 2 aliphatic rings. The Bertz CT molecular complexity index is 1560. The van der Waals surface area contributed by atoms with Crippen LogP contribution in [0.4, 0.5) is 5.69 Å². The highest BCUT2D eigenvalue weighted by Gasteiger charge is 2.34. The SMILES string of the molecule is CN(C)CCN1C(=O)c2cccc3cc4c(N=Cc5ccc6c(c5)OCO6)cccc4c(c23)C1=O. The Morgan fingerprint density at radius 1 is 0.943 bits per heavy atom. The second-order valence-electron chi connectivity index (χ2n) is 8.96. The van der Waals surface area contributed by atoms with Gasteiger partial charge < -0.3 is 14.4 Å². The van der Waals surface area contributed by atoms with E-state index in [-0.39, 0.29) is 18.6 Å². The Morgan fingerprint density at radius 2 is 1.77 bits per heavy atom. The van der Waals surface area contributed by atoms with E-state index in [1.54, 1.807) is 12.3 Å². The van der Waals surface area contributed by atoms with E-state index in [1.807, 2.05) is 73.6 Å². The van der Waals surface area contributed by atoms with Crippen LogP contribution in [-0.4, -0.2) is 61.8 Å². The molecule has 4 aromatic carbocycles. The topological polar surface area (TPSA) is 71.4 Å². The van der Waals surface area contributed by atoms with Crippen LogP contribution in [0.5, 0.6) is 11.5 Å². The summed E-state index contributed by atoms with van der Waals surface area (Å²) in [4.78, 5) is 34.9. The number of carbonyl (C=O) groups excluding carboxylic acids is 2. The first-order chi connectivity index (χ1) is 17.0. The van der Waals surface area contributed by atoms with Gasteiger partial charge in [-0.25, -0.2) is 0 Å². The van der Waals surface area contributed by atoms with Gasteiger partial charge in [0.1, 0.15) is 0 Å². The number of rotatable bonds is 5. The van der Waals surface area contributed by atoms with E-state index in [0.29, 0.717) is 35.4 Å². The van der Waals surface area contributed by atoms with Crippen LogP contribution in [0.2, 0.25) is 0 Å². The van der Waals surface area contributed by atoms with Crippen LogP contribution in [0.3, 0.4) is 0 Å². The molecule has 0 saturated carbocycles. The predicted octanol–water partition coefficient (Wildman–Crippen LogP) is 4.63. The summed E-state index contributed by atoms with van der Waals surface area (Å²) >= 11 is 0. The number of benzene rings is 4.